The summed E-state index contributed by atoms with van der Waals surface area (Å²) in [6.07, 6.45) is 0. The van der Waals surface area contributed by atoms with Crippen LogP contribution in [0.3, 0.4) is 0 Å². The maximum Gasteiger partial charge on any atom is 0.493 e. The molecule has 7 heteroatoms. The summed E-state index contributed by atoms with van der Waals surface area (Å²) in [5.74, 6) is -0.199. The zero-order valence-corrected chi connectivity index (χ0v) is 12.6. The third kappa shape index (κ3) is 2.25. The van der Waals surface area contributed by atoms with Crippen LogP contribution in [-0.2, 0) is 15.0 Å². The van der Waals surface area contributed by atoms with E-state index in [2.05, 4.69) is 0 Å². The highest BCUT2D eigenvalue weighted by atomic mass is 16.6. The number of hydrogen-bond acceptors (Lipinski definition) is 5. The Morgan fingerprint density at radius 1 is 1.13 bits per heavy atom. The first kappa shape index (κ1) is 15.4. The molecular formula is C16H15BO6. The average molecular weight is 314 g/mol. The number of ether oxygens (including phenoxy) is 2. The zero-order valence-electron chi connectivity index (χ0n) is 12.6. The third-order valence-electron chi connectivity index (χ3n) is 3.97. The summed E-state index contributed by atoms with van der Waals surface area (Å²) in [6.45, 7) is 0. The van der Waals surface area contributed by atoms with E-state index in [-0.39, 0.29) is 0 Å². The van der Waals surface area contributed by atoms with E-state index in [4.69, 9.17) is 14.1 Å². The summed E-state index contributed by atoms with van der Waals surface area (Å²) in [6, 6.07) is 11.4. The maximum absolute atomic E-state index is 12.1. The van der Waals surface area contributed by atoms with Gasteiger partial charge in [-0.05, 0) is 35.3 Å². The van der Waals surface area contributed by atoms with Gasteiger partial charge in [0, 0.05) is 5.56 Å². The summed E-state index contributed by atoms with van der Waals surface area (Å²) >= 11 is 0. The Labute approximate surface area is 133 Å². The van der Waals surface area contributed by atoms with Crippen LogP contribution in [0.5, 0.6) is 11.5 Å². The van der Waals surface area contributed by atoms with Gasteiger partial charge in [-0.2, -0.15) is 0 Å². The van der Waals surface area contributed by atoms with Crippen molar-refractivity contribution in [1.82, 2.24) is 0 Å². The molecule has 1 unspecified atom stereocenters. The number of hydrogen-bond donors (Lipinski definition) is 2. The molecule has 0 bridgehead atoms. The molecule has 0 saturated heterocycles. The van der Waals surface area contributed by atoms with Crippen molar-refractivity contribution in [3.05, 3.63) is 53.6 Å². The van der Waals surface area contributed by atoms with Crippen molar-refractivity contribution in [2.24, 2.45) is 0 Å². The second kappa shape index (κ2) is 5.60. The van der Waals surface area contributed by atoms with Crippen LogP contribution in [0.15, 0.2) is 42.5 Å². The molecule has 1 aliphatic rings. The highest BCUT2D eigenvalue weighted by Gasteiger charge is 2.54. The first-order chi connectivity index (χ1) is 11.0. The van der Waals surface area contributed by atoms with Gasteiger partial charge in [-0.25, -0.2) is 4.79 Å². The second-order valence-corrected chi connectivity index (χ2v) is 5.14. The monoisotopic (exact) mass is 314 g/mol. The molecule has 0 aromatic heterocycles. The van der Waals surface area contributed by atoms with Gasteiger partial charge in [-0.3, -0.25) is 0 Å². The fraction of sp³-hybridized carbons (Fsp3) is 0.188. The molecule has 118 valence electrons. The smallest absolute Gasteiger partial charge is 0.493 e. The standard InChI is InChI=1S/C16H15BO6/c1-21-11-5-3-4-10(8-11)16(15(18)19)13-7-6-12(22-2)9-14(13)17(20)23-16/h3-9,20H,1-2H3,(H,18,19). The first-order valence-corrected chi connectivity index (χ1v) is 6.95. The van der Waals surface area contributed by atoms with Crippen LogP contribution in [0.2, 0.25) is 0 Å². The lowest BCUT2D eigenvalue weighted by Crippen LogP contribution is -2.38. The van der Waals surface area contributed by atoms with Crippen LogP contribution in [0, 0.1) is 0 Å². The molecule has 2 aromatic carbocycles. The van der Waals surface area contributed by atoms with Gasteiger partial charge >= 0.3 is 13.1 Å². The van der Waals surface area contributed by atoms with Gasteiger partial charge in [0.2, 0.25) is 5.60 Å². The first-order valence-electron chi connectivity index (χ1n) is 6.95. The predicted molar refractivity (Wildman–Crippen MR) is 83.1 cm³/mol. The molecule has 0 amide bonds. The predicted octanol–water partition coefficient (Wildman–Crippen LogP) is 0.750. The molecule has 0 aliphatic carbocycles. The topological polar surface area (TPSA) is 85.2 Å². The number of carboxylic acid groups (broad SMARTS) is 1. The SMILES string of the molecule is COc1cccc(C2(C(=O)O)OB(O)c3cc(OC)ccc32)c1. The van der Waals surface area contributed by atoms with Gasteiger partial charge in [0.25, 0.3) is 0 Å². The zero-order chi connectivity index (χ0) is 16.6. The van der Waals surface area contributed by atoms with E-state index in [1.807, 2.05) is 0 Å². The minimum absolute atomic E-state index is 0.367. The fourth-order valence-electron chi connectivity index (χ4n) is 2.84. The molecule has 3 rings (SSSR count). The molecule has 1 aliphatic heterocycles. The van der Waals surface area contributed by atoms with Crippen LogP contribution in [0.4, 0.5) is 0 Å². The van der Waals surface area contributed by atoms with Crippen LogP contribution in [0.1, 0.15) is 11.1 Å². The van der Waals surface area contributed by atoms with Crippen molar-refractivity contribution in [3.63, 3.8) is 0 Å². The van der Waals surface area contributed by atoms with E-state index in [0.717, 1.165) is 0 Å². The highest BCUT2D eigenvalue weighted by Crippen LogP contribution is 2.39. The van der Waals surface area contributed by atoms with E-state index in [1.165, 1.54) is 14.2 Å². The van der Waals surface area contributed by atoms with E-state index in [0.29, 0.717) is 28.1 Å². The van der Waals surface area contributed by atoms with Crippen molar-refractivity contribution in [2.75, 3.05) is 14.2 Å². The molecule has 0 radical (unpaired) electrons. The van der Waals surface area contributed by atoms with E-state index in [1.54, 1.807) is 42.5 Å². The molecule has 6 nitrogen and oxygen atoms in total. The summed E-state index contributed by atoms with van der Waals surface area (Å²) < 4.78 is 15.8. The average Bonchev–Trinajstić information content (AvgIpc) is 2.88. The van der Waals surface area contributed by atoms with Gasteiger partial charge in [-0.1, -0.05) is 18.2 Å². The van der Waals surface area contributed by atoms with E-state index >= 15 is 0 Å². The van der Waals surface area contributed by atoms with Gasteiger partial charge in [0.05, 0.1) is 14.2 Å². The van der Waals surface area contributed by atoms with Crippen molar-refractivity contribution >= 4 is 18.6 Å². The molecule has 2 N–H and O–H groups in total. The van der Waals surface area contributed by atoms with Crippen molar-refractivity contribution in [2.45, 2.75) is 5.60 Å². The Morgan fingerprint density at radius 2 is 1.83 bits per heavy atom. The number of carbonyl (C=O) groups is 1. The van der Waals surface area contributed by atoms with E-state index in [9.17, 15) is 14.9 Å². The molecular weight excluding hydrogens is 299 g/mol. The highest BCUT2D eigenvalue weighted by molar-refractivity contribution is 6.62. The molecule has 0 fully saturated rings. The van der Waals surface area contributed by atoms with Crippen LogP contribution in [-0.4, -0.2) is 37.4 Å². The summed E-state index contributed by atoms with van der Waals surface area (Å²) in [5.41, 5.74) is -0.691. The minimum atomic E-state index is -1.80. The minimum Gasteiger partial charge on any atom is -0.497 e. The van der Waals surface area contributed by atoms with Gasteiger partial charge in [0.15, 0.2) is 0 Å². The number of rotatable bonds is 4. The van der Waals surface area contributed by atoms with Gasteiger partial charge < -0.3 is 24.3 Å². The van der Waals surface area contributed by atoms with Crippen molar-refractivity contribution in [3.8, 4) is 11.5 Å². The number of methoxy groups -OCH3 is 2. The third-order valence-corrected chi connectivity index (χ3v) is 3.97. The molecule has 0 saturated carbocycles. The Kier molecular flexibility index (Phi) is 3.75. The number of carboxylic acids is 1. The lowest BCUT2D eigenvalue weighted by Gasteiger charge is -2.26. The summed E-state index contributed by atoms with van der Waals surface area (Å²) in [5, 5.41) is 20.1. The fourth-order valence-corrected chi connectivity index (χ4v) is 2.84. The summed E-state index contributed by atoms with van der Waals surface area (Å²) in [4.78, 5) is 12.1. The molecule has 0 spiro atoms. The van der Waals surface area contributed by atoms with Crippen molar-refractivity contribution < 1.29 is 29.1 Å². The summed E-state index contributed by atoms with van der Waals surface area (Å²) in [7, 11) is 1.63. The molecule has 1 atom stereocenters. The van der Waals surface area contributed by atoms with Crippen molar-refractivity contribution in [1.29, 1.82) is 0 Å². The maximum atomic E-state index is 12.1. The Balaban J connectivity index is 2.23. The quantitative estimate of drug-likeness (QED) is 0.810. The largest absolute Gasteiger partial charge is 0.497 e. The van der Waals surface area contributed by atoms with Crippen LogP contribution < -0.4 is 14.9 Å². The number of fused-ring (bicyclic) bond motifs is 1. The lowest BCUT2D eigenvalue weighted by molar-refractivity contribution is -0.152. The van der Waals surface area contributed by atoms with Gasteiger partial charge in [-0.15, -0.1) is 0 Å². The Hall–Kier alpha value is -2.51. The normalized spacial score (nSPS) is 19.3. The van der Waals surface area contributed by atoms with Gasteiger partial charge in [0.1, 0.15) is 11.5 Å². The lowest BCUT2D eigenvalue weighted by atomic mass is 9.77. The Bertz CT molecular complexity index is 762. The molecule has 2 aromatic rings. The number of benzene rings is 2. The van der Waals surface area contributed by atoms with E-state index < -0.39 is 18.7 Å². The molecule has 23 heavy (non-hydrogen) atoms. The van der Waals surface area contributed by atoms with Crippen LogP contribution >= 0.6 is 0 Å². The van der Waals surface area contributed by atoms with Crippen LogP contribution in [0.25, 0.3) is 0 Å². The Morgan fingerprint density at radius 3 is 2.48 bits per heavy atom. The number of aliphatic carboxylic acids is 1. The molecule has 1 heterocycles. The second-order valence-electron chi connectivity index (χ2n) is 5.14.